The molecule has 1 heterocycles. The zero-order valence-corrected chi connectivity index (χ0v) is 13.1. The number of hydrazone groups is 1. The highest BCUT2D eigenvalue weighted by atomic mass is 35.5. The summed E-state index contributed by atoms with van der Waals surface area (Å²) in [5, 5.41) is 15.4. The Morgan fingerprint density at radius 3 is 2.86 bits per heavy atom. The molecule has 2 atom stereocenters. The van der Waals surface area contributed by atoms with Crippen molar-refractivity contribution in [2.75, 3.05) is 0 Å². The summed E-state index contributed by atoms with van der Waals surface area (Å²) in [6.45, 7) is 4.13. The summed E-state index contributed by atoms with van der Waals surface area (Å²) in [5.74, 6) is -0.212. The molecule has 0 unspecified atom stereocenters. The second-order valence-electron chi connectivity index (χ2n) is 6.65. The number of fused-ring (bicyclic) bond motifs is 1. The molecule has 7 heteroatoms. The average Bonchev–Trinajstić information content (AvgIpc) is 2.81. The van der Waals surface area contributed by atoms with Gasteiger partial charge >= 0.3 is 0 Å². The van der Waals surface area contributed by atoms with E-state index in [-0.39, 0.29) is 33.9 Å². The fourth-order valence-corrected chi connectivity index (χ4v) is 3.52. The van der Waals surface area contributed by atoms with E-state index in [9.17, 15) is 14.9 Å². The average molecular weight is 322 g/mol. The third kappa shape index (κ3) is 2.47. The zero-order valence-electron chi connectivity index (χ0n) is 12.3. The number of rotatable bonds is 2. The maximum Gasteiger partial charge on any atom is 0.288 e. The van der Waals surface area contributed by atoms with Crippen LogP contribution in [-0.2, 0) is 4.79 Å². The highest BCUT2D eigenvalue weighted by Crippen LogP contribution is 2.40. The molecule has 0 spiro atoms. The van der Waals surface area contributed by atoms with E-state index in [0.29, 0.717) is 17.7 Å². The fourth-order valence-electron chi connectivity index (χ4n) is 3.33. The van der Waals surface area contributed by atoms with Gasteiger partial charge in [0, 0.05) is 18.1 Å². The van der Waals surface area contributed by atoms with Crippen LogP contribution in [0.1, 0.15) is 32.3 Å². The molecular weight excluding hydrogens is 306 g/mol. The molecule has 0 radical (unpaired) electrons. The van der Waals surface area contributed by atoms with E-state index in [0.717, 1.165) is 6.42 Å². The molecule has 1 saturated carbocycles. The summed E-state index contributed by atoms with van der Waals surface area (Å²) in [7, 11) is 0. The molecule has 1 aliphatic heterocycles. The quantitative estimate of drug-likeness (QED) is 0.670. The molecule has 22 heavy (non-hydrogen) atoms. The van der Waals surface area contributed by atoms with Gasteiger partial charge in [0.05, 0.1) is 22.6 Å². The van der Waals surface area contributed by atoms with E-state index in [1.165, 1.54) is 12.1 Å². The van der Waals surface area contributed by atoms with Crippen molar-refractivity contribution in [1.82, 2.24) is 5.43 Å². The maximum absolute atomic E-state index is 12.5. The van der Waals surface area contributed by atoms with Crippen LogP contribution in [0.25, 0.3) is 0 Å². The van der Waals surface area contributed by atoms with Crippen LogP contribution in [0.15, 0.2) is 23.3 Å². The van der Waals surface area contributed by atoms with Crippen molar-refractivity contribution >= 4 is 28.8 Å². The van der Waals surface area contributed by atoms with Gasteiger partial charge in [-0.3, -0.25) is 14.9 Å². The van der Waals surface area contributed by atoms with Gasteiger partial charge in [-0.15, -0.1) is 0 Å². The topological polar surface area (TPSA) is 84.6 Å². The molecule has 0 amide bonds. The molecule has 1 aromatic rings. The summed E-state index contributed by atoms with van der Waals surface area (Å²) in [6, 6.07) is 4.49. The van der Waals surface area contributed by atoms with Crippen LogP contribution in [0, 0.1) is 21.4 Å². The van der Waals surface area contributed by atoms with Gasteiger partial charge in [0.2, 0.25) is 0 Å². The highest BCUT2D eigenvalue weighted by Gasteiger charge is 2.46. The Balaban J connectivity index is 1.96. The van der Waals surface area contributed by atoms with Crippen molar-refractivity contribution < 1.29 is 9.72 Å². The first-order valence-electron chi connectivity index (χ1n) is 7.09. The van der Waals surface area contributed by atoms with Gasteiger partial charge in [-0.05, 0) is 17.9 Å². The number of ketones is 1. The number of halogens is 1. The standard InChI is InChI=1S/C15H16ClN3O3/c1-15(2)6-10-13(12(20)7-15)14(18-17-10)8-3-4-9(16)11(5-8)19(21)22/h3-5,10,13,17H,6-7H2,1-2H3/t10-,13-/m0/s1. The Bertz CT molecular complexity index is 699. The van der Waals surface area contributed by atoms with Crippen LogP contribution in [0.5, 0.6) is 0 Å². The molecule has 2 aliphatic rings. The van der Waals surface area contributed by atoms with Crippen molar-refractivity contribution in [2.45, 2.75) is 32.7 Å². The Morgan fingerprint density at radius 2 is 2.18 bits per heavy atom. The van der Waals surface area contributed by atoms with E-state index in [2.05, 4.69) is 24.4 Å². The molecule has 1 N–H and O–H groups in total. The SMILES string of the molecule is CC1(C)CC(=O)[C@H]2C(c3ccc(Cl)c([N+](=O)[O-])c3)=NN[C@H]2C1. The molecule has 3 rings (SSSR count). The second-order valence-corrected chi connectivity index (χ2v) is 7.05. The van der Waals surface area contributed by atoms with Crippen LogP contribution in [0.2, 0.25) is 5.02 Å². The van der Waals surface area contributed by atoms with Crippen molar-refractivity contribution in [1.29, 1.82) is 0 Å². The lowest BCUT2D eigenvalue weighted by Gasteiger charge is -2.36. The van der Waals surface area contributed by atoms with Crippen molar-refractivity contribution in [2.24, 2.45) is 16.4 Å². The van der Waals surface area contributed by atoms with E-state index in [1.54, 1.807) is 6.07 Å². The Kier molecular flexibility index (Phi) is 3.44. The lowest BCUT2D eigenvalue weighted by Crippen LogP contribution is -2.45. The van der Waals surface area contributed by atoms with Crippen LogP contribution < -0.4 is 5.43 Å². The van der Waals surface area contributed by atoms with Gasteiger partial charge in [0.25, 0.3) is 5.69 Å². The van der Waals surface area contributed by atoms with Gasteiger partial charge in [0.1, 0.15) is 10.8 Å². The monoisotopic (exact) mass is 321 g/mol. The predicted molar refractivity (Wildman–Crippen MR) is 83.1 cm³/mol. The zero-order chi connectivity index (χ0) is 16.1. The smallest absolute Gasteiger partial charge is 0.288 e. The lowest BCUT2D eigenvalue weighted by atomic mass is 9.68. The molecule has 116 valence electrons. The van der Waals surface area contributed by atoms with Crippen LogP contribution in [-0.4, -0.2) is 22.5 Å². The van der Waals surface area contributed by atoms with E-state index in [1.807, 2.05) is 0 Å². The van der Waals surface area contributed by atoms with Gasteiger partial charge in [-0.2, -0.15) is 5.10 Å². The van der Waals surface area contributed by atoms with E-state index in [4.69, 9.17) is 11.6 Å². The number of nitro groups is 1. The molecule has 1 fully saturated rings. The molecule has 0 aromatic heterocycles. The van der Waals surface area contributed by atoms with Gasteiger partial charge in [-0.1, -0.05) is 31.5 Å². The summed E-state index contributed by atoms with van der Waals surface area (Å²) in [6.07, 6.45) is 1.33. The van der Waals surface area contributed by atoms with Gasteiger partial charge < -0.3 is 5.43 Å². The third-order valence-corrected chi connectivity index (χ3v) is 4.58. The lowest BCUT2D eigenvalue weighted by molar-refractivity contribution is -0.384. The highest BCUT2D eigenvalue weighted by molar-refractivity contribution is 6.33. The van der Waals surface area contributed by atoms with E-state index < -0.39 is 4.92 Å². The summed E-state index contributed by atoms with van der Waals surface area (Å²) >= 11 is 5.84. The molecule has 0 bridgehead atoms. The number of carbonyl (C=O) groups is 1. The first-order chi connectivity index (χ1) is 10.3. The largest absolute Gasteiger partial charge is 0.306 e. The maximum atomic E-state index is 12.5. The minimum atomic E-state index is -0.530. The minimum Gasteiger partial charge on any atom is -0.306 e. The van der Waals surface area contributed by atoms with Crippen molar-refractivity contribution in [3.63, 3.8) is 0 Å². The van der Waals surface area contributed by atoms with Gasteiger partial charge in [-0.25, -0.2) is 0 Å². The number of Topliss-reactive ketones (excluding diaryl/α,β-unsaturated/α-hetero) is 1. The third-order valence-electron chi connectivity index (χ3n) is 4.26. The molecule has 6 nitrogen and oxygen atoms in total. The first kappa shape index (κ1) is 15.0. The summed E-state index contributed by atoms with van der Waals surface area (Å²) in [4.78, 5) is 23.0. The van der Waals surface area contributed by atoms with Crippen LogP contribution in [0.4, 0.5) is 5.69 Å². The molecule has 1 aliphatic carbocycles. The number of nitro benzene ring substituents is 1. The van der Waals surface area contributed by atoms with Gasteiger partial charge in [0.15, 0.2) is 0 Å². The number of benzene rings is 1. The first-order valence-corrected chi connectivity index (χ1v) is 7.46. The van der Waals surface area contributed by atoms with E-state index >= 15 is 0 Å². The number of nitrogens with zero attached hydrogens (tertiary/aromatic N) is 2. The van der Waals surface area contributed by atoms with Crippen LogP contribution in [0.3, 0.4) is 0 Å². The summed E-state index contributed by atoms with van der Waals surface area (Å²) in [5.41, 5.74) is 3.94. The molecule has 1 aromatic carbocycles. The Morgan fingerprint density at radius 1 is 1.45 bits per heavy atom. The predicted octanol–water partition coefficient (Wildman–Crippen LogP) is 2.93. The molecule has 0 saturated heterocycles. The number of hydrogen-bond acceptors (Lipinski definition) is 5. The normalized spacial score (nSPS) is 26.1. The number of hydrogen-bond donors (Lipinski definition) is 1. The number of carbonyl (C=O) groups excluding carboxylic acids is 1. The van der Waals surface area contributed by atoms with Crippen molar-refractivity contribution in [3.8, 4) is 0 Å². The Labute approximate surface area is 132 Å². The number of nitrogens with one attached hydrogen (secondary N) is 1. The second kappa shape index (κ2) is 5.05. The Hall–Kier alpha value is -1.95. The minimum absolute atomic E-state index is 0.0408. The molecular formula is C15H16ClN3O3. The van der Waals surface area contributed by atoms with Crippen molar-refractivity contribution in [3.05, 3.63) is 38.9 Å². The summed E-state index contributed by atoms with van der Waals surface area (Å²) < 4.78 is 0. The fraction of sp³-hybridized carbons (Fsp3) is 0.467. The van der Waals surface area contributed by atoms with Crippen LogP contribution >= 0.6 is 11.6 Å².